The molecule has 0 unspecified atom stereocenters. The predicted molar refractivity (Wildman–Crippen MR) is 87.7 cm³/mol. The van der Waals surface area contributed by atoms with Crippen molar-refractivity contribution in [1.82, 2.24) is 0 Å². The summed E-state index contributed by atoms with van der Waals surface area (Å²) in [5.41, 5.74) is 4.64. The van der Waals surface area contributed by atoms with Gasteiger partial charge in [0.1, 0.15) is 0 Å². The summed E-state index contributed by atoms with van der Waals surface area (Å²) < 4.78 is 0. The number of carbonyl (C=O) groups is 2. The van der Waals surface area contributed by atoms with Crippen LogP contribution in [0.5, 0.6) is 0 Å². The first-order chi connectivity index (χ1) is 10.7. The molecule has 0 amide bonds. The molecule has 0 spiro atoms. The molecule has 2 heteroatoms. The number of carbonyl (C=O) groups excluding carboxylic acids is 2. The lowest BCUT2D eigenvalue weighted by molar-refractivity contribution is 0.0979. The molecule has 0 saturated heterocycles. The van der Waals surface area contributed by atoms with Crippen LogP contribution >= 0.6 is 0 Å². The highest BCUT2D eigenvalue weighted by Gasteiger charge is 2.30. The standard InChI is InChI=1S/C20H20O2/c1-3-7-13-11-17-18(12-14(13)8-4-2)20(22)16-10-6-5-9-15(16)19(17)21/h5-6,9-12H,3-4,7-8H2,1-2H3. The summed E-state index contributed by atoms with van der Waals surface area (Å²) in [7, 11) is 0. The Balaban J connectivity index is 2.19. The van der Waals surface area contributed by atoms with Crippen LogP contribution in [0.25, 0.3) is 0 Å². The Morgan fingerprint density at radius 3 is 1.45 bits per heavy atom. The smallest absolute Gasteiger partial charge is 0.194 e. The van der Waals surface area contributed by atoms with Gasteiger partial charge >= 0.3 is 0 Å². The van der Waals surface area contributed by atoms with E-state index in [-0.39, 0.29) is 11.6 Å². The molecule has 2 aromatic rings. The molecule has 0 aliphatic heterocycles. The average molecular weight is 292 g/mol. The summed E-state index contributed by atoms with van der Waals surface area (Å²) in [5, 5.41) is 0. The lowest BCUT2D eigenvalue weighted by atomic mass is 9.81. The Bertz CT molecular complexity index is 692. The van der Waals surface area contributed by atoms with Gasteiger partial charge in [-0.1, -0.05) is 51.0 Å². The van der Waals surface area contributed by atoms with Gasteiger partial charge in [-0.25, -0.2) is 0 Å². The first kappa shape index (κ1) is 14.7. The van der Waals surface area contributed by atoms with Crippen molar-refractivity contribution in [1.29, 1.82) is 0 Å². The van der Waals surface area contributed by atoms with Crippen LogP contribution in [0.2, 0.25) is 0 Å². The van der Waals surface area contributed by atoms with Crippen LogP contribution in [0.15, 0.2) is 36.4 Å². The van der Waals surface area contributed by atoms with Crippen LogP contribution in [0.3, 0.4) is 0 Å². The Kier molecular flexibility index (Phi) is 3.93. The molecule has 2 nitrogen and oxygen atoms in total. The van der Waals surface area contributed by atoms with E-state index in [0.29, 0.717) is 22.3 Å². The summed E-state index contributed by atoms with van der Waals surface area (Å²) >= 11 is 0. The number of fused-ring (bicyclic) bond motifs is 2. The van der Waals surface area contributed by atoms with Crippen LogP contribution in [-0.2, 0) is 12.8 Å². The molecule has 0 bridgehead atoms. The van der Waals surface area contributed by atoms with Gasteiger partial charge in [0.25, 0.3) is 0 Å². The number of benzene rings is 2. The zero-order valence-electron chi connectivity index (χ0n) is 13.1. The second-order valence-electron chi connectivity index (χ2n) is 5.87. The van der Waals surface area contributed by atoms with E-state index < -0.39 is 0 Å². The molecule has 1 aliphatic rings. The third-order valence-electron chi connectivity index (χ3n) is 4.28. The minimum Gasteiger partial charge on any atom is -0.289 e. The summed E-state index contributed by atoms with van der Waals surface area (Å²) in [5.74, 6) is -0.0452. The summed E-state index contributed by atoms with van der Waals surface area (Å²) in [6, 6.07) is 11.0. The van der Waals surface area contributed by atoms with Gasteiger partial charge in [0, 0.05) is 22.3 Å². The highest BCUT2D eigenvalue weighted by atomic mass is 16.1. The van der Waals surface area contributed by atoms with Gasteiger partial charge in [0.05, 0.1) is 0 Å². The molecule has 0 N–H and O–H groups in total. The topological polar surface area (TPSA) is 34.1 Å². The number of aryl methyl sites for hydroxylation is 2. The normalized spacial score (nSPS) is 13.0. The molecule has 0 saturated carbocycles. The molecule has 0 aromatic heterocycles. The molecule has 0 fully saturated rings. The number of hydrogen-bond acceptors (Lipinski definition) is 2. The van der Waals surface area contributed by atoms with Crippen molar-refractivity contribution in [2.45, 2.75) is 39.5 Å². The van der Waals surface area contributed by atoms with Crippen LogP contribution < -0.4 is 0 Å². The third-order valence-corrected chi connectivity index (χ3v) is 4.28. The van der Waals surface area contributed by atoms with Gasteiger partial charge in [0.2, 0.25) is 0 Å². The second-order valence-corrected chi connectivity index (χ2v) is 5.87. The minimum atomic E-state index is -0.0226. The fourth-order valence-corrected chi connectivity index (χ4v) is 3.24. The lowest BCUT2D eigenvalue weighted by Gasteiger charge is -2.20. The first-order valence-electron chi connectivity index (χ1n) is 8.01. The van der Waals surface area contributed by atoms with E-state index in [2.05, 4.69) is 13.8 Å². The number of rotatable bonds is 4. The summed E-state index contributed by atoms with van der Waals surface area (Å²) in [6.07, 6.45) is 3.97. The first-order valence-corrected chi connectivity index (χ1v) is 8.01. The minimum absolute atomic E-state index is 0.0226. The van der Waals surface area contributed by atoms with E-state index in [1.165, 1.54) is 11.1 Å². The summed E-state index contributed by atoms with van der Waals surface area (Å²) in [6.45, 7) is 4.27. The van der Waals surface area contributed by atoms with E-state index in [4.69, 9.17) is 0 Å². The Morgan fingerprint density at radius 2 is 1.09 bits per heavy atom. The SMILES string of the molecule is CCCc1cc2c(cc1CCC)C(=O)c1ccccc1C2=O. The number of ketones is 2. The van der Waals surface area contributed by atoms with E-state index >= 15 is 0 Å². The van der Waals surface area contributed by atoms with Crippen LogP contribution in [-0.4, -0.2) is 11.6 Å². The van der Waals surface area contributed by atoms with E-state index in [1.54, 1.807) is 12.1 Å². The van der Waals surface area contributed by atoms with Crippen molar-refractivity contribution >= 4 is 11.6 Å². The third kappa shape index (κ3) is 2.29. The monoisotopic (exact) mass is 292 g/mol. The van der Waals surface area contributed by atoms with Gasteiger partial charge in [-0.15, -0.1) is 0 Å². The zero-order chi connectivity index (χ0) is 15.7. The van der Waals surface area contributed by atoms with E-state index in [9.17, 15) is 9.59 Å². The van der Waals surface area contributed by atoms with Gasteiger partial charge < -0.3 is 0 Å². The molecule has 112 valence electrons. The van der Waals surface area contributed by atoms with Crippen molar-refractivity contribution in [2.24, 2.45) is 0 Å². The van der Waals surface area contributed by atoms with Gasteiger partial charge in [0.15, 0.2) is 11.6 Å². The molecule has 1 aliphatic carbocycles. The lowest BCUT2D eigenvalue weighted by Crippen LogP contribution is -2.21. The van der Waals surface area contributed by atoms with Crippen LogP contribution in [0.1, 0.15) is 69.7 Å². The molecular weight excluding hydrogens is 272 g/mol. The van der Waals surface area contributed by atoms with Crippen molar-refractivity contribution in [2.75, 3.05) is 0 Å². The van der Waals surface area contributed by atoms with Crippen LogP contribution in [0, 0.1) is 0 Å². The van der Waals surface area contributed by atoms with Crippen molar-refractivity contribution in [3.05, 3.63) is 69.8 Å². The maximum atomic E-state index is 12.7. The van der Waals surface area contributed by atoms with Crippen molar-refractivity contribution < 1.29 is 9.59 Å². The molecule has 0 heterocycles. The largest absolute Gasteiger partial charge is 0.289 e. The highest BCUT2D eigenvalue weighted by Crippen LogP contribution is 2.30. The Labute approximate surface area is 131 Å². The molecular formula is C20H20O2. The van der Waals surface area contributed by atoms with Crippen molar-refractivity contribution in [3.63, 3.8) is 0 Å². The predicted octanol–water partition coefficient (Wildman–Crippen LogP) is 4.37. The van der Waals surface area contributed by atoms with Gasteiger partial charge in [-0.2, -0.15) is 0 Å². The molecule has 0 radical (unpaired) electrons. The highest BCUT2D eigenvalue weighted by molar-refractivity contribution is 6.28. The molecule has 3 rings (SSSR count). The average Bonchev–Trinajstić information content (AvgIpc) is 2.54. The molecule has 0 atom stereocenters. The zero-order valence-corrected chi connectivity index (χ0v) is 13.1. The maximum Gasteiger partial charge on any atom is 0.194 e. The molecule has 22 heavy (non-hydrogen) atoms. The number of hydrogen-bond donors (Lipinski definition) is 0. The van der Waals surface area contributed by atoms with Gasteiger partial charge in [-0.05, 0) is 36.1 Å². The second kappa shape index (κ2) is 5.88. The van der Waals surface area contributed by atoms with E-state index in [0.717, 1.165) is 25.7 Å². The van der Waals surface area contributed by atoms with E-state index in [1.807, 2.05) is 24.3 Å². The van der Waals surface area contributed by atoms with Crippen molar-refractivity contribution in [3.8, 4) is 0 Å². The Morgan fingerprint density at radius 1 is 0.682 bits per heavy atom. The van der Waals surface area contributed by atoms with Gasteiger partial charge in [-0.3, -0.25) is 9.59 Å². The van der Waals surface area contributed by atoms with Crippen LogP contribution in [0.4, 0.5) is 0 Å². The summed E-state index contributed by atoms with van der Waals surface area (Å²) in [4.78, 5) is 25.5. The fourth-order valence-electron chi connectivity index (χ4n) is 3.24. The quantitative estimate of drug-likeness (QED) is 0.715. The Hall–Kier alpha value is -2.22. The fraction of sp³-hybridized carbons (Fsp3) is 0.300. The maximum absolute atomic E-state index is 12.7. The molecule has 2 aromatic carbocycles.